The highest BCUT2D eigenvalue weighted by Gasteiger charge is 2.11. The average molecular weight is 321 g/mol. The minimum Gasteiger partial charge on any atom is -0.369 e. The lowest BCUT2D eigenvalue weighted by molar-refractivity contribution is 0.0995. The van der Waals surface area contributed by atoms with Gasteiger partial charge in [-0.15, -0.1) is 0 Å². The van der Waals surface area contributed by atoms with Gasteiger partial charge in [0.15, 0.2) is 0 Å². The lowest BCUT2D eigenvalue weighted by Crippen LogP contribution is -2.06. The molecule has 0 saturated carbocycles. The van der Waals surface area contributed by atoms with E-state index in [-0.39, 0.29) is 0 Å². The molecule has 0 aliphatic rings. The van der Waals surface area contributed by atoms with Gasteiger partial charge in [-0.25, -0.2) is 4.98 Å². The van der Waals surface area contributed by atoms with Crippen LogP contribution < -0.4 is 0 Å². The highest BCUT2D eigenvalue weighted by molar-refractivity contribution is 5.15. The van der Waals surface area contributed by atoms with Gasteiger partial charge in [0, 0.05) is 25.1 Å². The Hall–Kier alpha value is -2.46. The number of aromatic nitrogens is 3. The fourth-order valence-electron chi connectivity index (χ4n) is 2.53. The number of pyridine rings is 1. The Bertz CT molecular complexity index is 751. The third-order valence-electron chi connectivity index (χ3n) is 3.91. The van der Waals surface area contributed by atoms with Crippen molar-refractivity contribution in [3.63, 3.8) is 0 Å². The molecule has 0 unspecified atom stereocenters. The van der Waals surface area contributed by atoms with Crippen LogP contribution in [0.2, 0.25) is 0 Å². The summed E-state index contributed by atoms with van der Waals surface area (Å²) in [6, 6.07) is 14.3. The van der Waals surface area contributed by atoms with Crippen LogP contribution in [0.3, 0.4) is 0 Å². The molecule has 0 bridgehead atoms. The van der Waals surface area contributed by atoms with Crippen molar-refractivity contribution in [1.82, 2.24) is 14.5 Å². The molecule has 4 nitrogen and oxygen atoms in total. The third-order valence-corrected chi connectivity index (χ3v) is 3.91. The van der Waals surface area contributed by atoms with E-state index in [9.17, 15) is 0 Å². The second-order valence-electron chi connectivity index (χ2n) is 6.20. The molecule has 0 amide bonds. The van der Waals surface area contributed by atoms with Crippen molar-refractivity contribution in [2.75, 3.05) is 0 Å². The highest BCUT2D eigenvalue weighted by Crippen LogP contribution is 2.16. The first-order valence-electron chi connectivity index (χ1n) is 8.29. The number of imidazole rings is 1. The van der Waals surface area contributed by atoms with Crippen LogP contribution in [0.25, 0.3) is 0 Å². The first-order chi connectivity index (χ1) is 11.7. The van der Waals surface area contributed by atoms with Crippen molar-refractivity contribution in [3.05, 3.63) is 83.7 Å². The molecule has 1 aromatic carbocycles. The van der Waals surface area contributed by atoms with Crippen LogP contribution in [0, 0.1) is 0 Å². The van der Waals surface area contributed by atoms with Gasteiger partial charge in [0.25, 0.3) is 0 Å². The molecule has 2 heterocycles. The van der Waals surface area contributed by atoms with E-state index in [1.54, 1.807) is 0 Å². The van der Waals surface area contributed by atoms with Crippen molar-refractivity contribution in [3.8, 4) is 0 Å². The van der Waals surface area contributed by atoms with Gasteiger partial charge in [-0.05, 0) is 29.2 Å². The second kappa shape index (κ2) is 7.88. The van der Waals surface area contributed by atoms with Crippen molar-refractivity contribution in [2.45, 2.75) is 39.5 Å². The Morgan fingerprint density at radius 1 is 0.958 bits per heavy atom. The number of rotatable bonds is 7. The van der Waals surface area contributed by atoms with Crippen molar-refractivity contribution in [1.29, 1.82) is 0 Å². The van der Waals surface area contributed by atoms with Gasteiger partial charge in [0.2, 0.25) is 0 Å². The fraction of sp³-hybridized carbons (Fsp3) is 0.300. The van der Waals surface area contributed by atoms with Crippen LogP contribution in [-0.2, 0) is 24.5 Å². The molecule has 0 aliphatic carbocycles. The van der Waals surface area contributed by atoms with Gasteiger partial charge in [0.1, 0.15) is 12.4 Å². The van der Waals surface area contributed by atoms with E-state index in [2.05, 4.69) is 41.7 Å². The molecule has 0 atom stereocenters. The molecule has 24 heavy (non-hydrogen) atoms. The maximum absolute atomic E-state index is 5.88. The molecule has 124 valence electrons. The Balaban J connectivity index is 1.70. The first-order valence-corrected chi connectivity index (χ1v) is 8.29. The molecule has 0 N–H and O–H groups in total. The number of ether oxygens (including phenoxy) is 1. The maximum atomic E-state index is 5.88. The van der Waals surface area contributed by atoms with E-state index in [0.717, 1.165) is 18.1 Å². The minimum absolute atomic E-state index is 0.400. The second-order valence-corrected chi connectivity index (χ2v) is 6.20. The molecule has 2 aromatic heterocycles. The summed E-state index contributed by atoms with van der Waals surface area (Å²) in [4.78, 5) is 8.84. The zero-order chi connectivity index (χ0) is 16.8. The Kier molecular flexibility index (Phi) is 5.39. The minimum atomic E-state index is 0.400. The van der Waals surface area contributed by atoms with Gasteiger partial charge in [-0.2, -0.15) is 0 Å². The zero-order valence-electron chi connectivity index (χ0n) is 14.2. The van der Waals surface area contributed by atoms with Crippen LogP contribution in [-0.4, -0.2) is 14.5 Å². The zero-order valence-corrected chi connectivity index (χ0v) is 14.2. The molecule has 0 radical (unpaired) electrons. The van der Waals surface area contributed by atoms with E-state index in [1.807, 2.05) is 42.7 Å². The number of nitrogens with zero attached hydrogens (tertiary/aromatic N) is 3. The summed E-state index contributed by atoms with van der Waals surface area (Å²) >= 11 is 0. The topological polar surface area (TPSA) is 39.9 Å². The maximum Gasteiger partial charge on any atom is 0.135 e. The van der Waals surface area contributed by atoms with Crippen molar-refractivity contribution >= 4 is 0 Å². The van der Waals surface area contributed by atoms with Gasteiger partial charge in [-0.3, -0.25) is 4.98 Å². The summed E-state index contributed by atoms with van der Waals surface area (Å²) in [5.41, 5.74) is 3.48. The monoisotopic (exact) mass is 321 g/mol. The number of benzene rings is 1. The van der Waals surface area contributed by atoms with E-state index in [1.165, 1.54) is 11.1 Å². The molecule has 0 aliphatic heterocycles. The lowest BCUT2D eigenvalue weighted by atomic mass is 10.2. The van der Waals surface area contributed by atoms with Gasteiger partial charge >= 0.3 is 0 Å². The Labute approximate surface area is 143 Å². The van der Waals surface area contributed by atoms with Gasteiger partial charge in [0.05, 0.1) is 12.3 Å². The highest BCUT2D eigenvalue weighted by atomic mass is 16.5. The summed E-state index contributed by atoms with van der Waals surface area (Å²) in [6.45, 7) is 6.21. The summed E-state index contributed by atoms with van der Waals surface area (Å²) in [5.74, 6) is 1.36. The first kappa shape index (κ1) is 16.4. The molecular formula is C20H23N3O. The summed E-state index contributed by atoms with van der Waals surface area (Å²) in [6.07, 6.45) is 5.77. The molecule has 0 saturated heterocycles. The largest absolute Gasteiger partial charge is 0.369 e. The normalized spacial score (nSPS) is 11.1. The van der Waals surface area contributed by atoms with Crippen LogP contribution >= 0.6 is 0 Å². The third kappa shape index (κ3) is 4.30. The summed E-state index contributed by atoms with van der Waals surface area (Å²) < 4.78 is 8.06. The smallest absolute Gasteiger partial charge is 0.135 e. The van der Waals surface area contributed by atoms with Crippen molar-refractivity contribution < 1.29 is 4.74 Å². The summed E-state index contributed by atoms with van der Waals surface area (Å²) in [5, 5.41) is 0. The molecule has 3 rings (SSSR count). The Morgan fingerprint density at radius 2 is 1.71 bits per heavy atom. The van der Waals surface area contributed by atoms with Crippen LogP contribution in [0.1, 0.15) is 42.4 Å². The SMILES string of the molecule is CC(C)c1cn(Cc2ccncc2)c(COCc2ccccc2)n1. The molecule has 3 aromatic rings. The van der Waals surface area contributed by atoms with Crippen LogP contribution in [0.15, 0.2) is 61.1 Å². The molecule has 0 fully saturated rings. The van der Waals surface area contributed by atoms with E-state index in [4.69, 9.17) is 9.72 Å². The lowest BCUT2D eigenvalue weighted by Gasteiger charge is -2.08. The van der Waals surface area contributed by atoms with Crippen LogP contribution in [0.5, 0.6) is 0 Å². The van der Waals surface area contributed by atoms with Crippen molar-refractivity contribution in [2.24, 2.45) is 0 Å². The van der Waals surface area contributed by atoms with E-state index < -0.39 is 0 Å². The van der Waals surface area contributed by atoms with Gasteiger partial charge < -0.3 is 9.30 Å². The summed E-state index contributed by atoms with van der Waals surface area (Å²) in [7, 11) is 0. The fourth-order valence-corrected chi connectivity index (χ4v) is 2.53. The standard InChI is InChI=1S/C20H23N3O/c1-16(2)19-13-23(12-17-8-10-21-11-9-17)20(22-19)15-24-14-18-6-4-3-5-7-18/h3-11,13,16H,12,14-15H2,1-2H3. The van der Waals surface area contributed by atoms with Gasteiger partial charge in [-0.1, -0.05) is 44.2 Å². The van der Waals surface area contributed by atoms with Crippen LogP contribution in [0.4, 0.5) is 0 Å². The quantitative estimate of drug-likeness (QED) is 0.656. The molecular weight excluding hydrogens is 298 g/mol. The average Bonchev–Trinajstić information content (AvgIpc) is 3.00. The van der Waals surface area contributed by atoms with E-state index in [0.29, 0.717) is 19.1 Å². The predicted octanol–water partition coefficient (Wildman–Crippen LogP) is 4.17. The number of hydrogen-bond donors (Lipinski definition) is 0. The number of hydrogen-bond acceptors (Lipinski definition) is 3. The van der Waals surface area contributed by atoms with E-state index >= 15 is 0 Å². The predicted molar refractivity (Wildman–Crippen MR) is 94.6 cm³/mol. The Morgan fingerprint density at radius 3 is 2.42 bits per heavy atom. The molecule has 4 heteroatoms. The molecule has 0 spiro atoms.